The van der Waals surface area contributed by atoms with Gasteiger partial charge in [-0.2, -0.15) is 17.5 Å². The Labute approximate surface area is 234 Å². The molecule has 0 radical (unpaired) electrons. The smallest absolute Gasteiger partial charge is 0.399 e. The summed E-state index contributed by atoms with van der Waals surface area (Å²) in [4.78, 5) is 6.64. The van der Waals surface area contributed by atoms with E-state index in [2.05, 4.69) is 9.88 Å². The number of benzene rings is 2. The minimum Gasteiger partial charge on any atom is -0.399 e. The third-order valence-electron chi connectivity index (χ3n) is 8.26. The maximum absolute atomic E-state index is 13.9. The number of pyridine rings is 1. The number of nitrogens with two attached hydrogens (primary N) is 1. The molecule has 1 atom stereocenters. The summed E-state index contributed by atoms with van der Waals surface area (Å²) in [5.41, 5.74) is 9.36. The Morgan fingerprint density at radius 3 is 2.42 bits per heavy atom. The molecular weight excluding hydrogens is 537 g/mol. The van der Waals surface area contributed by atoms with Crippen molar-refractivity contribution in [3.05, 3.63) is 83.2 Å². The molecule has 1 aliphatic carbocycles. The van der Waals surface area contributed by atoms with Gasteiger partial charge >= 0.3 is 6.18 Å². The molecule has 0 amide bonds. The van der Waals surface area contributed by atoms with E-state index in [1.54, 1.807) is 12.3 Å². The highest BCUT2D eigenvalue weighted by atomic mass is 32.2. The molecule has 2 aromatic carbocycles. The number of hydrogen-bond acceptors (Lipinski definition) is 5. The fourth-order valence-corrected chi connectivity index (χ4v) is 7.47. The number of fused-ring (bicyclic) bond motifs is 1. The van der Waals surface area contributed by atoms with Crippen LogP contribution in [0.2, 0.25) is 0 Å². The van der Waals surface area contributed by atoms with Crippen molar-refractivity contribution in [1.82, 2.24) is 9.29 Å². The standard InChI is InChI=1S/C30H35F3N4O2S/c1-21-5-4-8-29-28(21)20-36(40(38,39)27-13-10-23(11-14-27)30(31,32)33)19-26(12-9-22-6-2-3-7-22)37(29)18-25-17-24(34)15-16-35-25/h4-5,8,10-11,13-17,22,26H,2-3,6-7,9,12,18-20H2,1H3,(H2,34,35)/t26-/m0/s1. The quantitative estimate of drug-likeness (QED) is 0.348. The van der Waals surface area contributed by atoms with E-state index in [-0.39, 0.29) is 24.0 Å². The second-order valence-electron chi connectivity index (χ2n) is 11.0. The van der Waals surface area contributed by atoms with Gasteiger partial charge in [0, 0.05) is 36.7 Å². The molecule has 3 aromatic rings. The number of aromatic nitrogens is 1. The van der Waals surface area contributed by atoms with Crippen LogP contribution in [0.4, 0.5) is 24.5 Å². The Morgan fingerprint density at radius 1 is 1.02 bits per heavy atom. The van der Waals surface area contributed by atoms with Gasteiger partial charge in [-0.3, -0.25) is 4.98 Å². The summed E-state index contributed by atoms with van der Waals surface area (Å²) in [5, 5.41) is 0. The molecule has 0 saturated heterocycles. The first-order valence-corrected chi connectivity index (χ1v) is 15.2. The summed E-state index contributed by atoms with van der Waals surface area (Å²) in [6.07, 6.45) is 3.74. The van der Waals surface area contributed by atoms with Gasteiger partial charge in [0.25, 0.3) is 0 Å². The molecule has 6 nitrogen and oxygen atoms in total. The second-order valence-corrected chi connectivity index (χ2v) is 12.9. The molecule has 0 spiro atoms. The zero-order valence-corrected chi connectivity index (χ0v) is 23.4. The molecule has 1 aromatic heterocycles. The second kappa shape index (κ2) is 11.4. The monoisotopic (exact) mass is 572 g/mol. The van der Waals surface area contributed by atoms with Crippen LogP contribution in [0.3, 0.4) is 0 Å². The number of rotatable bonds is 7. The van der Waals surface area contributed by atoms with Gasteiger partial charge in [0.15, 0.2) is 0 Å². The van der Waals surface area contributed by atoms with Gasteiger partial charge in [0.05, 0.1) is 22.7 Å². The lowest BCUT2D eigenvalue weighted by Gasteiger charge is -2.35. The largest absolute Gasteiger partial charge is 0.416 e. The van der Waals surface area contributed by atoms with E-state index in [1.165, 1.54) is 30.0 Å². The molecule has 2 heterocycles. The summed E-state index contributed by atoms with van der Waals surface area (Å²) in [7, 11) is -4.08. The van der Waals surface area contributed by atoms with E-state index in [0.717, 1.165) is 59.6 Å². The van der Waals surface area contributed by atoms with Crippen LogP contribution < -0.4 is 10.6 Å². The van der Waals surface area contributed by atoms with Crippen molar-refractivity contribution in [2.45, 2.75) is 75.7 Å². The molecule has 2 N–H and O–H groups in total. The van der Waals surface area contributed by atoms with E-state index in [1.807, 2.05) is 31.2 Å². The van der Waals surface area contributed by atoms with Crippen molar-refractivity contribution in [3.8, 4) is 0 Å². The van der Waals surface area contributed by atoms with Crippen LogP contribution in [0.1, 0.15) is 60.9 Å². The summed E-state index contributed by atoms with van der Waals surface area (Å²) in [5.74, 6) is 0.618. The molecule has 5 rings (SSSR count). The minimum absolute atomic E-state index is 0.131. The lowest BCUT2D eigenvalue weighted by Crippen LogP contribution is -2.43. The van der Waals surface area contributed by atoms with Crippen LogP contribution in [0, 0.1) is 12.8 Å². The molecule has 1 aliphatic heterocycles. The predicted molar refractivity (Wildman–Crippen MR) is 150 cm³/mol. The number of nitrogen functional groups attached to an aromatic ring is 1. The first kappa shape index (κ1) is 28.4. The van der Waals surface area contributed by atoms with E-state index < -0.39 is 21.8 Å². The molecule has 1 saturated carbocycles. The summed E-state index contributed by atoms with van der Waals surface area (Å²) in [6, 6.07) is 13.2. The van der Waals surface area contributed by atoms with E-state index >= 15 is 0 Å². The van der Waals surface area contributed by atoms with Gasteiger partial charge in [-0.15, -0.1) is 0 Å². The average Bonchev–Trinajstić information content (AvgIpc) is 3.38. The van der Waals surface area contributed by atoms with Crippen molar-refractivity contribution in [1.29, 1.82) is 0 Å². The molecule has 1 fully saturated rings. The van der Waals surface area contributed by atoms with E-state index in [4.69, 9.17) is 5.73 Å². The number of nitrogens with zero attached hydrogens (tertiary/aromatic N) is 3. The maximum Gasteiger partial charge on any atom is 0.416 e. The van der Waals surface area contributed by atoms with Gasteiger partial charge in [0.1, 0.15) is 0 Å². The summed E-state index contributed by atoms with van der Waals surface area (Å²) >= 11 is 0. The highest BCUT2D eigenvalue weighted by Crippen LogP contribution is 2.37. The Morgan fingerprint density at radius 2 is 1.75 bits per heavy atom. The first-order valence-electron chi connectivity index (χ1n) is 13.8. The van der Waals surface area contributed by atoms with Crippen molar-refractivity contribution in [2.75, 3.05) is 17.2 Å². The average molecular weight is 573 g/mol. The molecule has 40 heavy (non-hydrogen) atoms. The highest BCUT2D eigenvalue weighted by molar-refractivity contribution is 7.89. The molecular formula is C30H35F3N4O2S. The Kier molecular flexibility index (Phi) is 8.10. The van der Waals surface area contributed by atoms with Crippen LogP contribution in [0.25, 0.3) is 0 Å². The number of alkyl halides is 3. The third-order valence-corrected chi connectivity index (χ3v) is 10.1. The lowest BCUT2D eigenvalue weighted by molar-refractivity contribution is -0.137. The van der Waals surface area contributed by atoms with Crippen molar-refractivity contribution >= 4 is 21.4 Å². The zero-order valence-electron chi connectivity index (χ0n) is 22.6. The molecule has 2 aliphatic rings. The van der Waals surface area contributed by atoms with E-state index in [9.17, 15) is 21.6 Å². The zero-order chi connectivity index (χ0) is 28.5. The fraction of sp³-hybridized carbons (Fsp3) is 0.433. The van der Waals surface area contributed by atoms with Crippen LogP contribution >= 0.6 is 0 Å². The Bertz CT molecular complexity index is 1440. The van der Waals surface area contributed by atoms with Crippen LogP contribution in [-0.2, 0) is 29.3 Å². The number of hydrogen-bond donors (Lipinski definition) is 1. The Hall–Kier alpha value is -3.11. The first-order chi connectivity index (χ1) is 19.0. The molecule has 0 bridgehead atoms. The Balaban J connectivity index is 1.54. The van der Waals surface area contributed by atoms with Crippen LogP contribution in [0.15, 0.2) is 65.7 Å². The third kappa shape index (κ3) is 6.12. The topological polar surface area (TPSA) is 79.5 Å². The number of sulfonamides is 1. The van der Waals surface area contributed by atoms with Crippen LogP contribution in [0.5, 0.6) is 0 Å². The van der Waals surface area contributed by atoms with Crippen molar-refractivity contribution in [3.63, 3.8) is 0 Å². The van der Waals surface area contributed by atoms with Crippen molar-refractivity contribution < 1.29 is 21.6 Å². The summed E-state index contributed by atoms with van der Waals surface area (Å²) in [6.45, 7) is 2.77. The number of anilines is 2. The van der Waals surface area contributed by atoms with Gasteiger partial charge in [-0.25, -0.2) is 8.42 Å². The molecule has 10 heteroatoms. The maximum atomic E-state index is 13.9. The number of halogens is 3. The fourth-order valence-electron chi connectivity index (χ4n) is 6.03. The number of aryl methyl sites for hydroxylation is 1. The lowest BCUT2D eigenvalue weighted by atomic mass is 9.97. The van der Waals surface area contributed by atoms with E-state index in [0.29, 0.717) is 18.2 Å². The molecule has 0 unspecified atom stereocenters. The van der Waals surface area contributed by atoms with Crippen LogP contribution in [-0.4, -0.2) is 30.3 Å². The normalized spacial score (nSPS) is 19.0. The van der Waals surface area contributed by atoms with Gasteiger partial charge in [-0.1, -0.05) is 37.8 Å². The van der Waals surface area contributed by atoms with Gasteiger partial charge in [0.2, 0.25) is 10.0 Å². The highest BCUT2D eigenvalue weighted by Gasteiger charge is 2.36. The predicted octanol–water partition coefficient (Wildman–Crippen LogP) is 6.54. The van der Waals surface area contributed by atoms with Crippen molar-refractivity contribution in [2.24, 2.45) is 5.92 Å². The molecule has 214 valence electrons. The summed E-state index contributed by atoms with van der Waals surface area (Å²) < 4.78 is 68.8. The van der Waals surface area contributed by atoms with Gasteiger partial charge in [-0.05, 0) is 79.3 Å². The minimum atomic E-state index is -4.54. The SMILES string of the molecule is Cc1cccc2c1CN(S(=O)(=O)c1ccc(C(F)(F)F)cc1)C[C@H](CCC1CCCC1)N2Cc1cc(N)ccn1. The van der Waals surface area contributed by atoms with Gasteiger partial charge < -0.3 is 10.6 Å².